The van der Waals surface area contributed by atoms with Gasteiger partial charge >= 0.3 is 0 Å². The molecule has 0 radical (unpaired) electrons. The van der Waals surface area contributed by atoms with Gasteiger partial charge in [0.2, 0.25) is 5.89 Å². The average Bonchev–Trinajstić information content (AvgIpc) is 3.47. The van der Waals surface area contributed by atoms with E-state index in [4.69, 9.17) is 9.15 Å². The molecule has 0 saturated heterocycles. The van der Waals surface area contributed by atoms with Crippen LogP contribution in [0.3, 0.4) is 0 Å². The number of fused-ring (bicyclic) bond motifs is 1. The molecule has 7 heteroatoms. The first-order chi connectivity index (χ1) is 14.6. The molecule has 7 nitrogen and oxygen atoms in total. The lowest BCUT2D eigenvalue weighted by Gasteiger charge is -2.19. The summed E-state index contributed by atoms with van der Waals surface area (Å²) in [6.07, 6.45) is 3.21. The minimum absolute atomic E-state index is 0.0462. The number of carbonyl (C=O) groups excluding carboxylic acids is 2. The van der Waals surface area contributed by atoms with Gasteiger partial charge in [0.25, 0.3) is 11.8 Å². The van der Waals surface area contributed by atoms with Gasteiger partial charge in [-0.3, -0.25) is 9.59 Å². The Bertz CT molecular complexity index is 1100. The lowest BCUT2D eigenvalue weighted by Crippen LogP contribution is -2.49. The van der Waals surface area contributed by atoms with E-state index >= 15 is 0 Å². The third-order valence-electron chi connectivity index (χ3n) is 5.79. The molecule has 0 spiro atoms. The van der Waals surface area contributed by atoms with Crippen LogP contribution in [0.4, 0.5) is 5.69 Å². The van der Waals surface area contributed by atoms with Crippen LogP contribution in [0.5, 0.6) is 5.75 Å². The van der Waals surface area contributed by atoms with E-state index in [-0.39, 0.29) is 23.6 Å². The van der Waals surface area contributed by atoms with Gasteiger partial charge in [0, 0.05) is 7.05 Å². The molecule has 2 heterocycles. The second-order valence-corrected chi connectivity index (χ2v) is 7.69. The molecule has 1 aromatic heterocycles. The molecule has 2 aliphatic rings. The van der Waals surface area contributed by atoms with Crippen LogP contribution in [0.15, 0.2) is 65.3 Å². The van der Waals surface area contributed by atoms with Gasteiger partial charge in [0.1, 0.15) is 24.7 Å². The van der Waals surface area contributed by atoms with E-state index in [0.717, 1.165) is 18.4 Å². The first kappa shape index (κ1) is 18.4. The molecule has 1 N–H and O–H groups in total. The Hall–Kier alpha value is -3.61. The quantitative estimate of drug-likeness (QED) is 0.724. The number of benzene rings is 2. The first-order valence-electron chi connectivity index (χ1n) is 9.90. The standard InChI is InChI=1S/C23H21N3O4/c1-26-18-9-5-6-10-19(18)29-14-17(21(26)28)24-20(27)16-13-30-22(25-16)23(11-12-23)15-7-3-2-4-8-15/h2-10,13,17H,11-12,14H2,1H3,(H,24,27). The molecule has 0 bridgehead atoms. The van der Waals surface area contributed by atoms with Crippen LogP contribution >= 0.6 is 0 Å². The number of oxazole rings is 1. The number of rotatable bonds is 4. The smallest absolute Gasteiger partial charge is 0.273 e. The maximum atomic E-state index is 12.8. The number of amides is 2. The number of hydrogen-bond donors (Lipinski definition) is 1. The highest BCUT2D eigenvalue weighted by Crippen LogP contribution is 2.52. The van der Waals surface area contributed by atoms with Crippen LogP contribution in [0, 0.1) is 0 Å². The summed E-state index contributed by atoms with van der Waals surface area (Å²) in [5.41, 5.74) is 1.69. The largest absolute Gasteiger partial charge is 0.489 e. The van der Waals surface area contributed by atoms with Gasteiger partial charge in [-0.1, -0.05) is 42.5 Å². The van der Waals surface area contributed by atoms with Crippen molar-refractivity contribution < 1.29 is 18.7 Å². The second-order valence-electron chi connectivity index (χ2n) is 7.69. The fraction of sp³-hybridized carbons (Fsp3) is 0.261. The Kier molecular flexibility index (Phi) is 4.31. The van der Waals surface area contributed by atoms with E-state index in [2.05, 4.69) is 10.3 Å². The van der Waals surface area contributed by atoms with Crippen LogP contribution in [0.25, 0.3) is 0 Å². The molecule has 30 heavy (non-hydrogen) atoms. The maximum Gasteiger partial charge on any atom is 0.273 e. The Balaban J connectivity index is 1.33. The van der Waals surface area contributed by atoms with Crippen molar-refractivity contribution in [1.82, 2.24) is 10.3 Å². The summed E-state index contributed by atoms with van der Waals surface area (Å²) in [4.78, 5) is 31.6. The summed E-state index contributed by atoms with van der Waals surface area (Å²) in [7, 11) is 1.67. The maximum absolute atomic E-state index is 12.8. The molecule has 1 aliphatic carbocycles. The molecule has 1 atom stereocenters. The van der Waals surface area contributed by atoms with E-state index in [1.54, 1.807) is 19.2 Å². The van der Waals surface area contributed by atoms with E-state index in [0.29, 0.717) is 17.3 Å². The molecule has 2 aromatic carbocycles. The molecule has 1 saturated carbocycles. The van der Waals surface area contributed by atoms with Crippen LogP contribution in [-0.4, -0.2) is 36.5 Å². The van der Waals surface area contributed by atoms with Crippen LogP contribution in [0.2, 0.25) is 0 Å². The summed E-state index contributed by atoms with van der Waals surface area (Å²) in [6, 6.07) is 16.5. The van der Waals surface area contributed by atoms with Crippen molar-refractivity contribution in [3.8, 4) is 5.75 Å². The van der Waals surface area contributed by atoms with Crippen LogP contribution < -0.4 is 15.0 Å². The molecular weight excluding hydrogens is 382 g/mol. The lowest BCUT2D eigenvalue weighted by molar-refractivity contribution is -0.120. The summed E-state index contributed by atoms with van der Waals surface area (Å²) in [5.74, 6) is 0.425. The zero-order chi connectivity index (χ0) is 20.7. The van der Waals surface area contributed by atoms with E-state index in [1.807, 2.05) is 42.5 Å². The van der Waals surface area contributed by atoms with Gasteiger partial charge < -0.3 is 19.4 Å². The normalized spacial score (nSPS) is 19.4. The summed E-state index contributed by atoms with van der Waals surface area (Å²) in [6.45, 7) is 0.0462. The van der Waals surface area contributed by atoms with E-state index in [1.165, 1.54) is 11.2 Å². The van der Waals surface area contributed by atoms with Crippen LogP contribution in [-0.2, 0) is 10.2 Å². The summed E-state index contributed by atoms with van der Waals surface area (Å²) < 4.78 is 11.4. The highest BCUT2D eigenvalue weighted by Gasteiger charge is 2.50. The number of hydrogen-bond acceptors (Lipinski definition) is 5. The van der Waals surface area contributed by atoms with Crippen molar-refractivity contribution in [3.05, 3.63) is 78.0 Å². The minimum Gasteiger partial charge on any atom is -0.489 e. The minimum atomic E-state index is -0.820. The van der Waals surface area contributed by atoms with Crippen LogP contribution in [0.1, 0.15) is 34.8 Å². The SMILES string of the molecule is CN1C(=O)C(NC(=O)c2coc(C3(c4ccccc4)CC3)n2)COc2ccccc21. The first-order valence-corrected chi connectivity index (χ1v) is 9.90. The van der Waals surface area contributed by atoms with E-state index in [9.17, 15) is 9.59 Å². The molecular formula is C23H21N3O4. The van der Waals surface area contributed by atoms with Gasteiger partial charge in [0.15, 0.2) is 5.69 Å². The van der Waals surface area contributed by atoms with Crippen molar-refractivity contribution in [2.75, 3.05) is 18.6 Å². The number of aromatic nitrogens is 1. The molecule has 1 aliphatic heterocycles. The number of nitrogens with one attached hydrogen (secondary N) is 1. The number of anilines is 1. The molecule has 152 valence electrons. The highest BCUT2D eigenvalue weighted by atomic mass is 16.5. The Morgan fingerprint density at radius 2 is 1.87 bits per heavy atom. The Morgan fingerprint density at radius 3 is 2.63 bits per heavy atom. The van der Waals surface area contributed by atoms with Gasteiger partial charge in [0.05, 0.1) is 11.1 Å². The fourth-order valence-corrected chi connectivity index (χ4v) is 3.89. The second kappa shape index (κ2) is 7.02. The summed E-state index contributed by atoms with van der Waals surface area (Å²) in [5, 5.41) is 2.74. The van der Waals surface area contributed by atoms with Gasteiger partial charge in [-0.25, -0.2) is 4.98 Å². The molecule has 2 amide bonds. The third kappa shape index (κ3) is 3.03. The highest BCUT2D eigenvalue weighted by molar-refractivity contribution is 6.02. The fourth-order valence-electron chi connectivity index (χ4n) is 3.89. The molecule has 5 rings (SSSR count). The number of para-hydroxylation sites is 2. The topological polar surface area (TPSA) is 84.7 Å². The summed E-state index contributed by atoms with van der Waals surface area (Å²) >= 11 is 0. The number of carbonyl (C=O) groups is 2. The van der Waals surface area contributed by atoms with Gasteiger partial charge in [-0.2, -0.15) is 0 Å². The number of ether oxygens (including phenoxy) is 1. The van der Waals surface area contributed by atoms with Gasteiger partial charge in [-0.05, 0) is 30.5 Å². The molecule has 1 unspecified atom stereocenters. The predicted octanol–water partition coefficient (Wildman–Crippen LogP) is 2.91. The van der Waals surface area contributed by atoms with Crippen molar-refractivity contribution >= 4 is 17.5 Å². The Labute approximate surface area is 173 Å². The Morgan fingerprint density at radius 1 is 1.13 bits per heavy atom. The van der Waals surface area contributed by atoms with Gasteiger partial charge in [-0.15, -0.1) is 0 Å². The number of likely N-dealkylation sites (N-methyl/N-ethyl adjacent to an activating group) is 1. The van der Waals surface area contributed by atoms with Crippen molar-refractivity contribution in [3.63, 3.8) is 0 Å². The van der Waals surface area contributed by atoms with Crippen molar-refractivity contribution in [2.24, 2.45) is 0 Å². The third-order valence-corrected chi connectivity index (χ3v) is 5.79. The molecule has 3 aromatic rings. The van der Waals surface area contributed by atoms with Crippen molar-refractivity contribution in [1.29, 1.82) is 0 Å². The molecule has 1 fully saturated rings. The average molecular weight is 403 g/mol. The number of nitrogens with zero attached hydrogens (tertiary/aromatic N) is 2. The zero-order valence-corrected chi connectivity index (χ0v) is 16.5. The zero-order valence-electron chi connectivity index (χ0n) is 16.5. The predicted molar refractivity (Wildman–Crippen MR) is 110 cm³/mol. The van der Waals surface area contributed by atoms with Crippen molar-refractivity contribution in [2.45, 2.75) is 24.3 Å². The van der Waals surface area contributed by atoms with E-state index < -0.39 is 11.9 Å². The monoisotopic (exact) mass is 403 g/mol. The lowest BCUT2D eigenvalue weighted by atomic mass is 9.96.